The van der Waals surface area contributed by atoms with Gasteiger partial charge in [-0.1, -0.05) is 0 Å². The highest BCUT2D eigenvalue weighted by Crippen LogP contribution is 2.13. The molecule has 0 aliphatic rings. The molecule has 0 bridgehead atoms. The molecule has 2 rings (SSSR count). The second kappa shape index (κ2) is 8.17. The predicted molar refractivity (Wildman–Crippen MR) is 86.1 cm³/mol. The minimum Gasteiger partial charge on any atom is -0.497 e. The first-order valence-corrected chi connectivity index (χ1v) is 7.71. The van der Waals surface area contributed by atoms with Crippen LogP contribution in [0.15, 0.2) is 35.7 Å². The zero-order valence-electron chi connectivity index (χ0n) is 12.3. The topological polar surface area (TPSA) is 74.2 Å². The summed E-state index contributed by atoms with van der Waals surface area (Å²) in [6, 6.07) is 11.0. The van der Waals surface area contributed by atoms with E-state index in [0.29, 0.717) is 30.8 Å². The van der Waals surface area contributed by atoms with Crippen LogP contribution in [0.2, 0.25) is 0 Å². The van der Waals surface area contributed by atoms with E-state index in [0.717, 1.165) is 10.6 Å². The van der Waals surface area contributed by atoms with Crippen LogP contribution in [0.3, 0.4) is 0 Å². The normalized spacial score (nSPS) is 10.0. The Morgan fingerprint density at radius 1 is 1.32 bits per heavy atom. The maximum Gasteiger partial charge on any atom is 0.251 e. The second-order valence-electron chi connectivity index (χ2n) is 4.57. The average molecular weight is 315 g/mol. The van der Waals surface area contributed by atoms with Crippen molar-refractivity contribution in [2.24, 2.45) is 0 Å². The van der Waals surface area contributed by atoms with Crippen LogP contribution in [0, 0.1) is 11.3 Å². The molecule has 2 aromatic rings. The number of nitriles is 1. The molecule has 1 aromatic carbocycles. The molecule has 6 heteroatoms. The summed E-state index contributed by atoms with van der Waals surface area (Å²) < 4.78 is 5.05. The highest BCUT2D eigenvalue weighted by molar-refractivity contribution is 7.10. The minimum atomic E-state index is -0.104. The molecule has 2 N–H and O–H groups in total. The fourth-order valence-electron chi connectivity index (χ4n) is 1.85. The number of ether oxygens (including phenoxy) is 1. The molecular weight excluding hydrogens is 298 g/mol. The van der Waals surface area contributed by atoms with Gasteiger partial charge in [-0.15, -0.1) is 11.3 Å². The van der Waals surface area contributed by atoms with Gasteiger partial charge in [-0.3, -0.25) is 4.79 Å². The number of hydrogen-bond acceptors (Lipinski definition) is 5. The molecule has 0 fully saturated rings. The van der Waals surface area contributed by atoms with Crippen LogP contribution < -0.4 is 15.4 Å². The molecule has 0 aliphatic carbocycles. The third-order valence-corrected chi connectivity index (χ3v) is 3.96. The van der Waals surface area contributed by atoms with E-state index in [2.05, 4.69) is 16.7 Å². The number of hydrogen-bond donors (Lipinski definition) is 2. The maximum atomic E-state index is 11.9. The van der Waals surface area contributed by atoms with Gasteiger partial charge in [0, 0.05) is 35.5 Å². The van der Waals surface area contributed by atoms with Crippen LogP contribution >= 0.6 is 11.3 Å². The number of nitrogens with one attached hydrogen (secondary N) is 2. The summed E-state index contributed by atoms with van der Waals surface area (Å²) in [5, 5.41) is 16.7. The van der Waals surface area contributed by atoms with Crippen molar-refractivity contribution in [1.82, 2.24) is 10.6 Å². The first-order valence-electron chi connectivity index (χ1n) is 6.83. The van der Waals surface area contributed by atoms with Gasteiger partial charge in [-0.05, 0) is 30.3 Å². The van der Waals surface area contributed by atoms with Crippen LogP contribution in [0.1, 0.15) is 20.8 Å². The first kappa shape index (κ1) is 16.0. The van der Waals surface area contributed by atoms with Crippen molar-refractivity contribution in [2.45, 2.75) is 6.54 Å². The molecule has 0 radical (unpaired) electrons. The molecule has 0 saturated heterocycles. The molecular formula is C16H17N3O2S. The fourth-order valence-corrected chi connectivity index (χ4v) is 2.63. The van der Waals surface area contributed by atoms with Gasteiger partial charge in [0.1, 0.15) is 11.8 Å². The lowest BCUT2D eigenvalue weighted by molar-refractivity contribution is 0.0954. The molecule has 0 saturated carbocycles. The third-order valence-electron chi connectivity index (χ3n) is 3.02. The molecule has 1 aromatic heterocycles. The van der Waals surface area contributed by atoms with Gasteiger partial charge >= 0.3 is 0 Å². The number of benzene rings is 1. The highest BCUT2D eigenvalue weighted by Gasteiger charge is 2.04. The zero-order chi connectivity index (χ0) is 15.8. The number of nitrogens with zero attached hydrogens (tertiary/aromatic N) is 1. The van der Waals surface area contributed by atoms with E-state index in [1.54, 1.807) is 42.7 Å². The highest BCUT2D eigenvalue weighted by atomic mass is 32.1. The summed E-state index contributed by atoms with van der Waals surface area (Å²) in [5.74, 6) is 0.623. The summed E-state index contributed by atoms with van der Waals surface area (Å²) >= 11 is 1.55. The van der Waals surface area contributed by atoms with Crippen molar-refractivity contribution in [3.05, 3.63) is 51.7 Å². The lowest BCUT2D eigenvalue weighted by Crippen LogP contribution is -2.31. The van der Waals surface area contributed by atoms with Crippen LogP contribution in [-0.4, -0.2) is 26.1 Å². The molecule has 0 aliphatic heterocycles. The first-order chi connectivity index (χ1) is 10.7. The molecule has 1 heterocycles. The van der Waals surface area contributed by atoms with Crippen molar-refractivity contribution in [3.8, 4) is 11.8 Å². The molecule has 0 spiro atoms. The zero-order valence-corrected chi connectivity index (χ0v) is 13.1. The Balaban J connectivity index is 1.67. The van der Waals surface area contributed by atoms with Crippen molar-refractivity contribution in [1.29, 1.82) is 5.26 Å². The SMILES string of the molecule is COc1ccc(C(=O)NCCNCc2cc(C#N)cs2)cc1. The summed E-state index contributed by atoms with van der Waals surface area (Å²) in [7, 11) is 1.59. The number of rotatable bonds is 7. The Morgan fingerprint density at radius 2 is 2.09 bits per heavy atom. The lowest BCUT2D eigenvalue weighted by atomic mass is 10.2. The quantitative estimate of drug-likeness (QED) is 0.768. The molecule has 1 amide bonds. The summed E-state index contributed by atoms with van der Waals surface area (Å²) in [5.41, 5.74) is 1.30. The number of methoxy groups -OCH3 is 1. The smallest absolute Gasteiger partial charge is 0.251 e. The van der Waals surface area contributed by atoms with E-state index in [-0.39, 0.29) is 5.91 Å². The molecule has 114 valence electrons. The van der Waals surface area contributed by atoms with E-state index < -0.39 is 0 Å². The van der Waals surface area contributed by atoms with Gasteiger partial charge in [0.05, 0.1) is 12.7 Å². The van der Waals surface area contributed by atoms with Crippen molar-refractivity contribution < 1.29 is 9.53 Å². The number of thiophene rings is 1. The van der Waals surface area contributed by atoms with Crippen molar-refractivity contribution in [2.75, 3.05) is 20.2 Å². The summed E-state index contributed by atoms with van der Waals surface area (Å²) in [6.07, 6.45) is 0. The van der Waals surface area contributed by atoms with E-state index in [9.17, 15) is 4.79 Å². The number of carbonyl (C=O) groups is 1. The van der Waals surface area contributed by atoms with Crippen LogP contribution in [0.4, 0.5) is 0 Å². The average Bonchev–Trinajstić information content (AvgIpc) is 3.02. The monoisotopic (exact) mass is 315 g/mol. The van der Waals surface area contributed by atoms with Crippen LogP contribution in [0.5, 0.6) is 5.75 Å². The fraction of sp³-hybridized carbons (Fsp3) is 0.250. The van der Waals surface area contributed by atoms with Crippen molar-refractivity contribution in [3.63, 3.8) is 0 Å². The number of carbonyl (C=O) groups excluding carboxylic acids is 1. The third kappa shape index (κ3) is 4.58. The van der Waals surface area contributed by atoms with Crippen molar-refractivity contribution >= 4 is 17.2 Å². The lowest BCUT2D eigenvalue weighted by Gasteiger charge is -2.07. The van der Waals surface area contributed by atoms with Gasteiger partial charge in [0.25, 0.3) is 5.91 Å². The molecule has 0 atom stereocenters. The van der Waals surface area contributed by atoms with Gasteiger partial charge in [-0.2, -0.15) is 5.26 Å². The van der Waals surface area contributed by atoms with Gasteiger partial charge < -0.3 is 15.4 Å². The van der Waals surface area contributed by atoms with Gasteiger partial charge in [-0.25, -0.2) is 0 Å². The molecule has 0 unspecified atom stereocenters. The Morgan fingerprint density at radius 3 is 2.73 bits per heavy atom. The van der Waals surface area contributed by atoms with Crippen LogP contribution in [-0.2, 0) is 6.54 Å². The van der Waals surface area contributed by atoms with E-state index >= 15 is 0 Å². The minimum absolute atomic E-state index is 0.104. The number of amides is 1. The van der Waals surface area contributed by atoms with Gasteiger partial charge in [0.2, 0.25) is 0 Å². The van der Waals surface area contributed by atoms with E-state index in [1.165, 1.54) is 0 Å². The van der Waals surface area contributed by atoms with Gasteiger partial charge in [0.15, 0.2) is 0 Å². The Bertz CT molecular complexity index is 659. The molecule has 22 heavy (non-hydrogen) atoms. The standard InChI is InChI=1S/C16H17N3O2S/c1-21-14-4-2-13(3-5-14)16(20)19-7-6-18-10-15-8-12(9-17)11-22-15/h2-5,8,11,18H,6-7,10H2,1H3,(H,19,20). The van der Waals surface area contributed by atoms with Crippen LogP contribution in [0.25, 0.3) is 0 Å². The Kier molecular flexibility index (Phi) is 5.95. The maximum absolute atomic E-state index is 11.9. The largest absolute Gasteiger partial charge is 0.497 e. The van der Waals surface area contributed by atoms with E-state index in [1.807, 2.05) is 11.4 Å². The molecule has 5 nitrogen and oxygen atoms in total. The van der Waals surface area contributed by atoms with E-state index in [4.69, 9.17) is 10.00 Å². The Hall–Kier alpha value is -2.36. The summed E-state index contributed by atoms with van der Waals surface area (Å²) in [4.78, 5) is 13.0. The Labute approximate surface area is 133 Å². The predicted octanol–water partition coefficient (Wildman–Crippen LogP) is 2.15. The second-order valence-corrected chi connectivity index (χ2v) is 5.57. The summed E-state index contributed by atoms with van der Waals surface area (Å²) in [6.45, 7) is 1.91.